The maximum atomic E-state index is 13.3. The fourth-order valence-electron chi connectivity index (χ4n) is 5.51. The first kappa shape index (κ1) is 25.9. The molecule has 2 aliphatic rings. The lowest BCUT2D eigenvalue weighted by atomic mass is 9.74. The van der Waals surface area contributed by atoms with E-state index >= 15 is 0 Å². The second-order valence-corrected chi connectivity index (χ2v) is 10.5. The third-order valence-corrected chi connectivity index (χ3v) is 7.86. The summed E-state index contributed by atoms with van der Waals surface area (Å²) in [5.41, 5.74) is 2.71. The Kier molecular flexibility index (Phi) is 8.05. The number of likely N-dealkylation sites (tertiary alicyclic amines) is 1. The number of hydrogen-bond donors (Lipinski definition) is 1. The molecule has 0 radical (unpaired) electrons. The highest BCUT2D eigenvalue weighted by Gasteiger charge is 2.36. The molecule has 38 heavy (non-hydrogen) atoms. The van der Waals surface area contributed by atoms with E-state index in [0.29, 0.717) is 56.4 Å². The Balaban J connectivity index is 1.21. The summed E-state index contributed by atoms with van der Waals surface area (Å²) in [4.78, 5) is 27.8. The van der Waals surface area contributed by atoms with E-state index in [1.165, 1.54) is 5.56 Å². The summed E-state index contributed by atoms with van der Waals surface area (Å²) in [5, 5.41) is 11.1. The molecule has 1 aromatic heterocycles. The van der Waals surface area contributed by atoms with Crippen molar-refractivity contribution in [1.29, 1.82) is 0 Å². The Hall–Kier alpha value is -3.68. The van der Waals surface area contributed by atoms with Crippen LogP contribution in [0.5, 0.6) is 5.75 Å². The topological polar surface area (TPSA) is 97.6 Å². The van der Waals surface area contributed by atoms with Crippen molar-refractivity contribution in [3.05, 3.63) is 65.5 Å². The molecular formula is C30H36N4O4. The largest absolute Gasteiger partial charge is 0.493 e. The molecule has 1 fully saturated rings. The summed E-state index contributed by atoms with van der Waals surface area (Å²) in [7, 11) is 0. The first-order valence-electron chi connectivity index (χ1n) is 13.7. The number of aryl methyl sites for hydroxylation is 2. The van der Waals surface area contributed by atoms with Gasteiger partial charge in [-0.1, -0.05) is 24.6 Å². The van der Waals surface area contributed by atoms with Gasteiger partial charge in [-0.2, -0.15) is 0 Å². The van der Waals surface area contributed by atoms with Gasteiger partial charge in [0, 0.05) is 44.1 Å². The number of benzene rings is 2. The van der Waals surface area contributed by atoms with E-state index in [9.17, 15) is 9.59 Å². The monoisotopic (exact) mass is 516 g/mol. The van der Waals surface area contributed by atoms with Crippen LogP contribution < -0.4 is 10.1 Å². The minimum absolute atomic E-state index is 0.0201. The normalized spacial score (nSPS) is 18.7. The van der Waals surface area contributed by atoms with Crippen molar-refractivity contribution >= 4 is 11.8 Å². The van der Waals surface area contributed by atoms with Crippen LogP contribution in [0.15, 0.2) is 52.9 Å². The van der Waals surface area contributed by atoms with Gasteiger partial charge in [0.1, 0.15) is 5.75 Å². The van der Waals surface area contributed by atoms with Crippen LogP contribution in [0.1, 0.15) is 66.8 Å². The summed E-state index contributed by atoms with van der Waals surface area (Å²) >= 11 is 0. The maximum Gasteiger partial charge on any atom is 0.253 e. The molecule has 8 nitrogen and oxygen atoms in total. The number of carbonyl (C=O) groups excluding carboxylic acids is 2. The minimum atomic E-state index is 0.0201. The summed E-state index contributed by atoms with van der Waals surface area (Å²) in [6, 6.07) is 15.6. The molecule has 1 N–H and O–H groups in total. The zero-order valence-electron chi connectivity index (χ0n) is 22.1. The first-order chi connectivity index (χ1) is 18.5. The van der Waals surface area contributed by atoms with Crippen molar-refractivity contribution < 1.29 is 18.7 Å². The minimum Gasteiger partial charge on any atom is -0.493 e. The van der Waals surface area contributed by atoms with Gasteiger partial charge in [-0.3, -0.25) is 9.59 Å². The van der Waals surface area contributed by atoms with E-state index < -0.39 is 0 Å². The molecule has 0 aliphatic carbocycles. The van der Waals surface area contributed by atoms with Crippen LogP contribution in [0, 0.1) is 12.3 Å². The highest BCUT2D eigenvalue weighted by atomic mass is 16.5. The van der Waals surface area contributed by atoms with E-state index in [1.54, 1.807) is 6.92 Å². The molecule has 8 heteroatoms. The molecule has 1 saturated heterocycles. The molecule has 2 amide bonds. The number of amides is 2. The summed E-state index contributed by atoms with van der Waals surface area (Å²) < 4.78 is 11.4. The summed E-state index contributed by atoms with van der Waals surface area (Å²) in [6.45, 7) is 4.35. The molecule has 3 aromatic rings. The molecule has 0 atom stereocenters. The van der Waals surface area contributed by atoms with Gasteiger partial charge in [-0.25, -0.2) is 0 Å². The van der Waals surface area contributed by atoms with Crippen LogP contribution in [0.3, 0.4) is 0 Å². The van der Waals surface area contributed by atoms with Crippen molar-refractivity contribution in [2.75, 3.05) is 26.2 Å². The zero-order chi connectivity index (χ0) is 26.4. The molecule has 0 saturated carbocycles. The molecule has 3 heterocycles. The van der Waals surface area contributed by atoms with Gasteiger partial charge in [0.15, 0.2) is 0 Å². The Morgan fingerprint density at radius 1 is 0.947 bits per heavy atom. The second-order valence-electron chi connectivity index (χ2n) is 10.5. The van der Waals surface area contributed by atoms with Gasteiger partial charge < -0.3 is 19.4 Å². The van der Waals surface area contributed by atoms with Gasteiger partial charge in [-0.05, 0) is 79.8 Å². The second kappa shape index (κ2) is 11.8. The van der Waals surface area contributed by atoms with Crippen molar-refractivity contribution in [3.8, 4) is 17.2 Å². The van der Waals surface area contributed by atoms with Crippen molar-refractivity contribution in [1.82, 2.24) is 20.4 Å². The van der Waals surface area contributed by atoms with Crippen LogP contribution in [0.4, 0.5) is 0 Å². The van der Waals surface area contributed by atoms with Crippen LogP contribution in [0.2, 0.25) is 0 Å². The highest BCUT2D eigenvalue weighted by Crippen LogP contribution is 2.37. The standard InChI is InChI=1S/C30H36N4O4/c1-22-32-33-28(38-22)24-11-13-25(14-12-24)29(36)34-18-16-30(17-19-34)15-5-4-8-23-7-2-3-9-26(23)37-20-6-10-27(35)31-21-30/h2-3,7,9,11-14H,4-6,8,10,15-21H2,1H3,(H,31,35). The number of rotatable bonds is 2. The molecule has 0 unspecified atom stereocenters. The van der Waals surface area contributed by atoms with Crippen LogP contribution >= 0.6 is 0 Å². The van der Waals surface area contributed by atoms with Gasteiger partial charge in [-0.15, -0.1) is 10.2 Å². The number of nitrogens with one attached hydrogen (secondary N) is 1. The zero-order valence-corrected chi connectivity index (χ0v) is 22.1. The van der Waals surface area contributed by atoms with E-state index in [4.69, 9.17) is 9.15 Å². The Bertz CT molecular complexity index is 1250. The van der Waals surface area contributed by atoms with E-state index in [1.807, 2.05) is 41.3 Å². The highest BCUT2D eigenvalue weighted by molar-refractivity contribution is 5.94. The maximum absolute atomic E-state index is 13.3. The van der Waals surface area contributed by atoms with E-state index in [0.717, 1.165) is 49.8 Å². The van der Waals surface area contributed by atoms with Gasteiger partial charge in [0.05, 0.1) is 6.61 Å². The van der Waals surface area contributed by atoms with Gasteiger partial charge in [0.25, 0.3) is 5.91 Å². The fourth-order valence-corrected chi connectivity index (χ4v) is 5.51. The summed E-state index contributed by atoms with van der Waals surface area (Å²) in [6.07, 6.45) is 7.11. The van der Waals surface area contributed by atoms with Crippen molar-refractivity contribution in [3.63, 3.8) is 0 Å². The van der Waals surface area contributed by atoms with E-state index in [2.05, 4.69) is 27.6 Å². The quantitative estimate of drug-likeness (QED) is 0.517. The molecule has 200 valence electrons. The third-order valence-electron chi connectivity index (χ3n) is 7.86. The number of carbonyl (C=O) groups is 2. The number of para-hydroxylation sites is 1. The predicted octanol–water partition coefficient (Wildman–Crippen LogP) is 4.97. The predicted molar refractivity (Wildman–Crippen MR) is 144 cm³/mol. The molecule has 0 bridgehead atoms. The lowest BCUT2D eigenvalue weighted by Gasteiger charge is -2.42. The van der Waals surface area contributed by atoms with E-state index in [-0.39, 0.29) is 17.2 Å². The average Bonchev–Trinajstić information content (AvgIpc) is 3.39. The Labute approximate surface area is 223 Å². The number of ether oxygens (including phenoxy) is 1. The van der Waals surface area contributed by atoms with Crippen LogP contribution in [-0.4, -0.2) is 53.2 Å². The van der Waals surface area contributed by atoms with Crippen molar-refractivity contribution in [2.45, 2.75) is 58.3 Å². The third kappa shape index (κ3) is 6.23. The number of nitrogens with zero attached hydrogens (tertiary/aromatic N) is 3. The first-order valence-corrected chi connectivity index (χ1v) is 13.7. The molecule has 1 spiro atoms. The number of hydrogen-bond acceptors (Lipinski definition) is 6. The summed E-state index contributed by atoms with van der Waals surface area (Å²) in [5.74, 6) is 2.01. The number of piperidine rings is 1. The van der Waals surface area contributed by atoms with Crippen molar-refractivity contribution in [2.24, 2.45) is 5.41 Å². The van der Waals surface area contributed by atoms with Crippen LogP contribution in [0.25, 0.3) is 11.5 Å². The Morgan fingerprint density at radius 3 is 2.50 bits per heavy atom. The van der Waals surface area contributed by atoms with Gasteiger partial charge in [0.2, 0.25) is 17.7 Å². The lowest BCUT2D eigenvalue weighted by Crippen LogP contribution is -2.48. The molecule has 5 rings (SSSR count). The fraction of sp³-hybridized carbons (Fsp3) is 0.467. The smallest absolute Gasteiger partial charge is 0.253 e. The number of fused-ring (bicyclic) bond motifs is 1. The number of aromatic nitrogens is 2. The molecule has 2 aliphatic heterocycles. The molecular weight excluding hydrogens is 480 g/mol. The molecule has 2 aromatic carbocycles. The SMILES string of the molecule is Cc1nnc(-c2ccc(C(=O)N3CCC4(CCCCc5ccccc5OCCCC(=O)NC4)CC3)cc2)o1. The average molecular weight is 517 g/mol. The Morgan fingerprint density at radius 2 is 1.74 bits per heavy atom. The lowest BCUT2D eigenvalue weighted by molar-refractivity contribution is -0.122. The van der Waals surface area contributed by atoms with Gasteiger partial charge >= 0.3 is 0 Å². The van der Waals surface area contributed by atoms with Crippen LogP contribution in [-0.2, 0) is 11.2 Å².